The average Bonchev–Trinajstić information content (AvgIpc) is 2.31. The fraction of sp³-hybridized carbons (Fsp3) is 0.500. The van der Waals surface area contributed by atoms with Crippen molar-refractivity contribution < 1.29 is 14.1 Å². The minimum absolute atomic E-state index is 0.213. The average molecular weight is 268 g/mol. The molecule has 0 radical (unpaired) electrons. The zero-order chi connectivity index (χ0) is 13.4. The molecule has 0 aliphatic carbocycles. The standard InChI is InChI=1S/C14H20O3S/c1-12-7-4-5-8-13(12)11-18(17)10-6-2-3-9-14(15)16/h4-5,7-8H,2-3,6,9-11H2,1H3,(H,15,16). The normalized spacial score (nSPS) is 12.3. The van der Waals surface area contributed by atoms with Crippen LogP contribution < -0.4 is 0 Å². The molecule has 1 unspecified atom stereocenters. The highest BCUT2D eigenvalue weighted by atomic mass is 32.2. The van der Waals surface area contributed by atoms with Gasteiger partial charge < -0.3 is 5.11 Å². The molecule has 0 bridgehead atoms. The summed E-state index contributed by atoms with van der Waals surface area (Å²) < 4.78 is 11.9. The zero-order valence-electron chi connectivity index (χ0n) is 10.7. The molecule has 0 saturated carbocycles. The molecule has 0 aliphatic rings. The number of hydrogen-bond donors (Lipinski definition) is 1. The Bertz CT molecular complexity index is 415. The fourth-order valence-electron chi connectivity index (χ4n) is 1.73. The Morgan fingerprint density at radius 3 is 2.61 bits per heavy atom. The number of rotatable bonds is 8. The molecule has 100 valence electrons. The largest absolute Gasteiger partial charge is 0.481 e. The van der Waals surface area contributed by atoms with Crippen molar-refractivity contribution in [3.05, 3.63) is 35.4 Å². The van der Waals surface area contributed by atoms with Gasteiger partial charge in [-0.3, -0.25) is 9.00 Å². The van der Waals surface area contributed by atoms with Gasteiger partial charge in [-0.25, -0.2) is 0 Å². The molecule has 1 atom stereocenters. The summed E-state index contributed by atoms with van der Waals surface area (Å²) >= 11 is 0. The van der Waals surface area contributed by atoms with Gasteiger partial charge in [-0.15, -0.1) is 0 Å². The Labute approximate surface area is 111 Å². The lowest BCUT2D eigenvalue weighted by Crippen LogP contribution is -2.03. The number of unbranched alkanes of at least 4 members (excludes halogenated alkanes) is 2. The number of aryl methyl sites for hydroxylation is 1. The summed E-state index contributed by atoms with van der Waals surface area (Å²) in [5, 5.41) is 8.49. The third-order valence-electron chi connectivity index (χ3n) is 2.84. The second-order valence-electron chi connectivity index (χ2n) is 4.42. The predicted molar refractivity (Wildman–Crippen MR) is 74.0 cm³/mol. The Morgan fingerprint density at radius 2 is 1.94 bits per heavy atom. The van der Waals surface area contributed by atoms with E-state index in [1.54, 1.807) is 0 Å². The SMILES string of the molecule is Cc1ccccc1CS(=O)CCCCCC(=O)O. The maximum atomic E-state index is 11.9. The van der Waals surface area contributed by atoms with E-state index in [4.69, 9.17) is 5.11 Å². The van der Waals surface area contributed by atoms with Crippen molar-refractivity contribution in [2.24, 2.45) is 0 Å². The molecule has 0 amide bonds. The number of hydrogen-bond acceptors (Lipinski definition) is 2. The third-order valence-corrected chi connectivity index (χ3v) is 4.22. The van der Waals surface area contributed by atoms with Crippen LogP contribution in [0.15, 0.2) is 24.3 Å². The van der Waals surface area contributed by atoms with Gasteiger partial charge in [0.05, 0.1) is 0 Å². The number of carbonyl (C=O) groups is 1. The van der Waals surface area contributed by atoms with E-state index in [2.05, 4.69) is 0 Å². The van der Waals surface area contributed by atoms with E-state index in [-0.39, 0.29) is 6.42 Å². The first-order chi connectivity index (χ1) is 8.59. The van der Waals surface area contributed by atoms with E-state index in [1.165, 1.54) is 5.56 Å². The van der Waals surface area contributed by atoms with Crippen molar-refractivity contribution in [2.75, 3.05) is 5.75 Å². The van der Waals surface area contributed by atoms with Gasteiger partial charge in [0.2, 0.25) is 0 Å². The van der Waals surface area contributed by atoms with Crippen LogP contribution in [0.25, 0.3) is 0 Å². The van der Waals surface area contributed by atoms with E-state index in [0.29, 0.717) is 17.9 Å². The molecule has 0 saturated heterocycles. The lowest BCUT2D eigenvalue weighted by molar-refractivity contribution is -0.137. The Hall–Kier alpha value is -1.16. The maximum Gasteiger partial charge on any atom is 0.303 e. The minimum Gasteiger partial charge on any atom is -0.481 e. The highest BCUT2D eigenvalue weighted by Crippen LogP contribution is 2.11. The van der Waals surface area contributed by atoms with Crippen LogP contribution in [0.1, 0.15) is 36.8 Å². The maximum absolute atomic E-state index is 11.9. The smallest absolute Gasteiger partial charge is 0.303 e. The molecule has 1 N–H and O–H groups in total. The quantitative estimate of drug-likeness (QED) is 0.738. The van der Waals surface area contributed by atoms with E-state index >= 15 is 0 Å². The van der Waals surface area contributed by atoms with Gasteiger partial charge >= 0.3 is 5.97 Å². The summed E-state index contributed by atoms with van der Waals surface area (Å²) in [6.07, 6.45) is 2.57. The van der Waals surface area contributed by atoms with Crippen LogP contribution >= 0.6 is 0 Å². The van der Waals surface area contributed by atoms with Gasteiger partial charge in [-0.05, 0) is 30.9 Å². The van der Waals surface area contributed by atoms with E-state index in [0.717, 1.165) is 18.4 Å². The van der Waals surface area contributed by atoms with Gasteiger partial charge in [0.1, 0.15) is 0 Å². The lowest BCUT2D eigenvalue weighted by Gasteiger charge is -2.05. The second kappa shape index (κ2) is 8.03. The molecule has 0 heterocycles. The number of benzene rings is 1. The molecule has 1 aromatic rings. The molecule has 0 aliphatic heterocycles. The summed E-state index contributed by atoms with van der Waals surface area (Å²) in [6.45, 7) is 2.03. The van der Waals surface area contributed by atoms with Crippen molar-refractivity contribution in [3.63, 3.8) is 0 Å². The summed E-state index contributed by atoms with van der Waals surface area (Å²) in [5.74, 6) is 0.510. The van der Waals surface area contributed by atoms with Crippen molar-refractivity contribution in [3.8, 4) is 0 Å². The molecule has 0 aromatic heterocycles. The summed E-state index contributed by atoms with van der Waals surface area (Å²) in [7, 11) is -0.843. The van der Waals surface area contributed by atoms with E-state index in [1.807, 2.05) is 31.2 Å². The Morgan fingerprint density at radius 1 is 1.22 bits per heavy atom. The number of carboxylic acid groups (broad SMARTS) is 1. The molecule has 3 nitrogen and oxygen atoms in total. The van der Waals surface area contributed by atoms with Crippen molar-refractivity contribution in [2.45, 2.75) is 38.4 Å². The Balaban J connectivity index is 2.22. The number of aliphatic carboxylic acids is 1. The molecule has 18 heavy (non-hydrogen) atoms. The molecular weight excluding hydrogens is 248 g/mol. The van der Waals surface area contributed by atoms with Crippen LogP contribution in [0.4, 0.5) is 0 Å². The van der Waals surface area contributed by atoms with Crippen LogP contribution in [-0.2, 0) is 21.3 Å². The summed E-state index contributed by atoms with van der Waals surface area (Å²) in [6, 6.07) is 7.98. The van der Waals surface area contributed by atoms with Crippen LogP contribution in [0.2, 0.25) is 0 Å². The van der Waals surface area contributed by atoms with Crippen LogP contribution in [0.5, 0.6) is 0 Å². The summed E-state index contributed by atoms with van der Waals surface area (Å²) in [4.78, 5) is 10.3. The molecule has 0 fully saturated rings. The molecule has 0 spiro atoms. The first-order valence-corrected chi connectivity index (χ1v) is 7.69. The van der Waals surface area contributed by atoms with Gasteiger partial charge in [0, 0.05) is 28.7 Å². The fourth-order valence-corrected chi connectivity index (χ4v) is 3.07. The van der Waals surface area contributed by atoms with E-state index in [9.17, 15) is 9.00 Å². The zero-order valence-corrected chi connectivity index (χ0v) is 11.5. The third kappa shape index (κ3) is 5.96. The monoisotopic (exact) mass is 268 g/mol. The van der Waals surface area contributed by atoms with Crippen molar-refractivity contribution >= 4 is 16.8 Å². The summed E-state index contributed by atoms with van der Waals surface area (Å²) in [5.41, 5.74) is 2.32. The molecule has 4 heteroatoms. The molecule has 1 rings (SSSR count). The van der Waals surface area contributed by atoms with Crippen LogP contribution in [0.3, 0.4) is 0 Å². The van der Waals surface area contributed by atoms with Crippen molar-refractivity contribution in [1.29, 1.82) is 0 Å². The second-order valence-corrected chi connectivity index (χ2v) is 6.00. The first kappa shape index (κ1) is 14.9. The lowest BCUT2D eigenvalue weighted by atomic mass is 10.1. The topological polar surface area (TPSA) is 54.4 Å². The first-order valence-electron chi connectivity index (χ1n) is 6.21. The predicted octanol–water partition coefficient (Wildman–Crippen LogP) is 2.89. The number of carboxylic acids is 1. The minimum atomic E-state index is -0.843. The molecule has 1 aromatic carbocycles. The molecular formula is C14H20O3S. The van der Waals surface area contributed by atoms with Gasteiger partial charge in [0.25, 0.3) is 0 Å². The van der Waals surface area contributed by atoms with E-state index < -0.39 is 16.8 Å². The van der Waals surface area contributed by atoms with Gasteiger partial charge in [-0.1, -0.05) is 30.7 Å². The van der Waals surface area contributed by atoms with Crippen LogP contribution in [0, 0.1) is 6.92 Å². The van der Waals surface area contributed by atoms with Gasteiger partial charge in [-0.2, -0.15) is 0 Å². The van der Waals surface area contributed by atoms with Crippen LogP contribution in [-0.4, -0.2) is 21.0 Å². The van der Waals surface area contributed by atoms with Gasteiger partial charge in [0.15, 0.2) is 0 Å². The van der Waals surface area contributed by atoms with Crippen molar-refractivity contribution in [1.82, 2.24) is 0 Å². The highest BCUT2D eigenvalue weighted by molar-refractivity contribution is 7.84. The Kier molecular flexibility index (Phi) is 6.65. The highest BCUT2D eigenvalue weighted by Gasteiger charge is 2.04.